The smallest absolute Gasteiger partial charge is 0.330 e. The third-order valence-corrected chi connectivity index (χ3v) is 6.82. The van der Waals surface area contributed by atoms with Crippen molar-refractivity contribution in [2.75, 3.05) is 30.3 Å². The molecule has 1 aromatic rings. The third kappa shape index (κ3) is 8.46. The molecule has 3 N–H and O–H groups in total. The molecule has 2 amide bonds. The molecule has 0 unspecified atom stereocenters. The van der Waals surface area contributed by atoms with Crippen LogP contribution in [0, 0.1) is 0 Å². The lowest BCUT2D eigenvalue weighted by Crippen LogP contribution is -2.45. The number of aromatic amines is 1. The number of nitrogen functional groups attached to an aromatic ring is 1. The molecule has 2 heterocycles. The van der Waals surface area contributed by atoms with E-state index in [4.69, 9.17) is 10.5 Å². The molecule has 37 heavy (non-hydrogen) atoms. The number of nitrogens with zero attached hydrogens (tertiary/aromatic N) is 3. The third-order valence-electron chi connectivity index (χ3n) is 6.82. The first-order chi connectivity index (χ1) is 17.7. The summed E-state index contributed by atoms with van der Waals surface area (Å²) in [7, 11) is 0. The van der Waals surface area contributed by atoms with E-state index in [-0.39, 0.29) is 49.4 Å². The van der Waals surface area contributed by atoms with Crippen molar-refractivity contribution in [1.29, 1.82) is 0 Å². The Morgan fingerprint density at radius 3 is 2.46 bits per heavy atom. The summed E-state index contributed by atoms with van der Waals surface area (Å²) in [6, 6.07) is 0.169. The highest BCUT2D eigenvalue weighted by Crippen LogP contribution is 2.21. The molecular weight excluding hydrogens is 478 g/mol. The molecule has 1 fully saturated rings. The predicted molar refractivity (Wildman–Crippen MR) is 142 cm³/mol. The summed E-state index contributed by atoms with van der Waals surface area (Å²) in [6.07, 6.45) is 7.24. The minimum Gasteiger partial charge on any atom is -0.456 e. The number of carbonyl (C=O) groups is 3. The molecule has 1 saturated heterocycles. The number of H-pyrrole nitrogens is 1. The van der Waals surface area contributed by atoms with Crippen LogP contribution in [0.25, 0.3) is 0 Å². The van der Waals surface area contributed by atoms with Gasteiger partial charge in [0.05, 0.1) is 6.42 Å². The molecule has 11 nitrogen and oxygen atoms in total. The van der Waals surface area contributed by atoms with Gasteiger partial charge in [-0.15, -0.1) is 0 Å². The zero-order chi connectivity index (χ0) is 27.4. The van der Waals surface area contributed by atoms with Gasteiger partial charge in [-0.25, -0.2) is 4.79 Å². The lowest BCUT2D eigenvalue weighted by atomic mass is 10.00. The number of anilines is 2. The number of nitrogens with one attached hydrogen (secondary N) is 1. The van der Waals surface area contributed by atoms with Crippen LogP contribution in [-0.4, -0.2) is 58.0 Å². The van der Waals surface area contributed by atoms with E-state index in [9.17, 15) is 24.0 Å². The van der Waals surface area contributed by atoms with Gasteiger partial charge in [0.25, 0.3) is 11.5 Å². The van der Waals surface area contributed by atoms with E-state index in [1.54, 1.807) is 4.90 Å². The summed E-state index contributed by atoms with van der Waals surface area (Å²) >= 11 is 0. The number of nitrogens with two attached hydrogens (primary N) is 1. The maximum atomic E-state index is 13.2. The molecule has 0 spiro atoms. The van der Waals surface area contributed by atoms with Crippen LogP contribution in [-0.2, 0) is 25.7 Å². The fraction of sp³-hybridized carbons (Fsp3) is 0.731. The van der Waals surface area contributed by atoms with E-state index >= 15 is 0 Å². The van der Waals surface area contributed by atoms with Crippen molar-refractivity contribution in [2.24, 2.45) is 0 Å². The number of ether oxygens (including phenoxy) is 1. The first kappa shape index (κ1) is 30.1. The molecule has 0 saturated carbocycles. The first-order valence-corrected chi connectivity index (χ1v) is 13.6. The van der Waals surface area contributed by atoms with Gasteiger partial charge in [-0.2, -0.15) is 0 Å². The Morgan fingerprint density at radius 1 is 1.05 bits per heavy atom. The van der Waals surface area contributed by atoms with Gasteiger partial charge < -0.3 is 20.3 Å². The highest BCUT2D eigenvalue weighted by molar-refractivity contribution is 5.97. The molecule has 0 radical (unpaired) electrons. The van der Waals surface area contributed by atoms with Crippen molar-refractivity contribution in [3.63, 3.8) is 0 Å². The van der Waals surface area contributed by atoms with Gasteiger partial charge in [0.2, 0.25) is 5.91 Å². The largest absolute Gasteiger partial charge is 0.456 e. The maximum absolute atomic E-state index is 13.2. The molecule has 1 aromatic heterocycles. The van der Waals surface area contributed by atoms with Gasteiger partial charge in [0.15, 0.2) is 12.3 Å². The average Bonchev–Trinajstić information content (AvgIpc) is 2.89. The van der Waals surface area contributed by atoms with Crippen LogP contribution in [0.3, 0.4) is 0 Å². The number of hydrogen-bond donors (Lipinski definition) is 2. The van der Waals surface area contributed by atoms with Gasteiger partial charge in [0.1, 0.15) is 5.82 Å². The Labute approximate surface area is 218 Å². The van der Waals surface area contributed by atoms with Crippen molar-refractivity contribution < 1.29 is 19.1 Å². The van der Waals surface area contributed by atoms with Crippen molar-refractivity contribution in [3.8, 4) is 0 Å². The van der Waals surface area contributed by atoms with Gasteiger partial charge in [-0.3, -0.25) is 28.7 Å². The standard InChI is InChI=1S/C26H43N5O6/c1-4-7-10-17-30(23-24(27)31(15-8-5-2)26(36)28-25(23)35)20(32)13-14-22(34)37-18-21(33)29-16-11-9-12-19(29)6-3/h19H,4-18,27H2,1-3H3,(H,28,35,36)/t19-/m1/s1. The quantitative estimate of drug-likeness (QED) is 0.282. The molecule has 0 bridgehead atoms. The summed E-state index contributed by atoms with van der Waals surface area (Å²) in [4.78, 5) is 68.4. The highest BCUT2D eigenvalue weighted by Gasteiger charge is 2.27. The normalized spacial score (nSPS) is 15.4. The fourth-order valence-electron chi connectivity index (χ4n) is 4.65. The van der Waals surface area contributed by atoms with E-state index in [1.165, 1.54) is 9.47 Å². The number of likely N-dealkylation sites (tertiary alicyclic amines) is 1. The van der Waals surface area contributed by atoms with E-state index in [0.29, 0.717) is 25.9 Å². The summed E-state index contributed by atoms with van der Waals surface area (Å²) in [5.41, 5.74) is 4.79. The second kappa shape index (κ2) is 15.2. The molecular formula is C26H43N5O6. The minimum atomic E-state index is -0.736. The van der Waals surface area contributed by atoms with E-state index in [2.05, 4.69) is 4.98 Å². The number of rotatable bonds is 14. The number of piperidine rings is 1. The van der Waals surface area contributed by atoms with Gasteiger partial charge in [-0.1, -0.05) is 40.0 Å². The van der Waals surface area contributed by atoms with E-state index in [0.717, 1.165) is 44.9 Å². The Morgan fingerprint density at radius 2 is 1.78 bits per heavy atom. The first-order valence-electron chi connectivity index (χ1n) is 13.6. The van der Waals surface area contributed by atoms with E-state index < -0.39 is 23.1 Å². The maximum Gasteiger partial charge on any atom is 0.330 e. The second-order valence-electron chi connectivity index (χ2n) is 9.56. The predicted octanol–water partition coefficient (Wildman–Crippen LogP) is 2.56. The lowest BCUT2D eigenvalue weighted by Gasteiger charge is -2.35. The molecule has 0 aromatic carbocycles. The van der Waals surface area contributed by atoms with E-state index in [1.807, 2.05) is 20.8 Å². The molecule has 2 rings (SSSR count). The topological polar surface area (TPSA) is 148 Å². The minimum absolute atomic E-state index is 0.0627. The van der Waals surface area contributed by atoms with Crippen molar-refractivity contribution in [1.82, 2.24) is 14.5 Å². The number of carbonyl (C=O) groups excluding carboxylic acids is 3. The van der Waals surface area contributed by atoms with Gasteiger partial charge in [-0.05, 0) is 38.5 Å². The van der Waals surface area contributed by atoms with Crippen LogP contribution in [0.5, 0.6) is 0 Å². The van der Waals surface area contributed by atoms with Crippen molar-refractivity contribution >= 4 is 29.3 Å². The number of aromatic nitrogens is 2. The summed E-state index contributed by atoms with van der Waals surface area (Å²) in [5.74, 6) is -1.41. The van der Waals surface area contributed by atoms with Crippen LogP contribution < -0.4 is 21.9 Å². The Kier molecular flexibility index (Phi) is 12.4. The number of unbranched alkanes of at least 4 members (excludes halogenated alkanes) is 3. The average molecular weight is 522 g/mol. The number of hydrogen-bond acceptors (Lipinski definition) is 7. The summed E-state index contributed by atoms with van der Waals surface area (Å²) < 4.78 is 6.44. The van der Waals surface area contributed by atoms with Gasteiger partial charge in [0, 0.05) is 32.1 Å². The molecule has 1 atom stereocenters. The number of amides is 2. The molecule has 1 aliphatic rings. The summed E-state index contributed by atoms with van der Waals surface area (Å²) in [5, 5.41) is 0. The Bertz CT molecular complexity index is 1030. The van der Waals surface area contributed by atoms with Gasteiger partial charge >= 0.3 is 11.7 Å². The summed E-state index contributed by atoms with van der Waals surface area (Å²) in [6.45, 7) is 6.88. The zero-order valence-corrected chi connectivity index (χ0v) is 22.6. The monoisotopic (exact) mass is 521 g/mol. The molecule has 11 heteroatoms. The van der Waals surface area contributed by atoms with Crippen LogP contribution in [0.2, 0.25) is 0 Å². The van der Waals surface area contributed by atoms with Crippen LogP contribution in [0.1, 0.15) is 91.4 Å². The fourth-order valence-corrected chi connectivity index (χ4v) is 4.65. The molecule has 1 aliphatic heterocycles. The Hall–Kier alpha value is -3.11. The van der Waals surface area contributed by atoms with Crippen LogP contribution in [0.4, 0.5) is 11.5 Å². The molecule has 0 aliphatic carbocycles. The van der Waals surface area contributed by atoms with Crippen LogP contribution in [0.15, 0.2) is 9.59 Å². The Balaban J connectivity index is 2.08. The number of esters is 1. The SMILES string of the molecule is CCCCCN(C(=O)CCC(=O)OCC(=O)N1CCCC[C@H]1CC)c1c(N)n(CCCC)c(=O)[nH]c1=O. The highest BCUT2D eigenvalue weighted by atomic mass is 16.5. The van der Waals surface area contributed by atoms with Crippen molar-refractivity contribution in [2.45, 2.75) is 104 Å². The van der Waals surface area contributed by atoms with Crippen molar-refractivity contribution in [3.05, 3.63) is 20.8 Å². The lowest BCUT2D eigenvalue weighted by molar-refractivity contribution is -0.154. The molecule has 208 valence electrons. The zero-order valence-electron chi connectivity index (χ0n) is 22.6. The second-order valence-corrected chi connectivity index (χ2v) is 9.56. The van der Waals surface area contributed by atoms with Crippen LogP contribution >= 0.6 is 0 Å².